The van der Waals surface area contributed by atoms with Crippen LogP contribution in [-0.2, 0) is 6.54 Å². The van der Waals surface area contributed by atoms with Gasteiger partial charge in [0.15, 0.2) is 0 Å². The molecule has 7 nitrogen and oxygen atoms in total. The average molecular weight is 339 g/mol. The van der Waals surface area contributed by atoms with E-state index in [1.54, 1.807) is 42.6 Å². The number of aliphatic hydroxyl groups is 1. The van der Waals surface area contributed by atoms with Crippen LogP contribution in [0.5, 0.6) is 0 Å². The maximum Gasteiger partial charge on any atom is 0.252 e. The third-order valence-corrected chi connectivity index (χ3v) is 3.80. The smallest absolute Gasteiger partial charge is 0.252 e. The lowest BCUT2D eigenvalue weighted by Crippen LogP contribution is -2.36. The summed E-state index contributed by atoms with van der Waals surface area (Å²) in [6.07, 6.45) is 0.634. The third-order valence-electron chi connectivity index (χ3n) is 3.80. The lowest BCUT2D eigenvalue weighted by Gasteiger charge is -2.14. The van der Waals surface area contributed by atoms with Crippen LogP contribution < -0.4 is 16.4 Å². The van der Waals surface area contributed by atoms with Crippen LogP contribution in [-0.4, -0.2) is 33.2 Å². The molecule has 1 atom stereocenters. The van der Waals surface area contributed by atoms with Gasteiger partial charge in [-0.3, -0.25) is 14.4 Å². The van der Waals surface area contributed by atoms with E-state index in [0.717, 1.165) is 0 Å². The van der Waals surface area contributed by atoms with Crippen LogP contribution in [0.4, 0.5) is 0 Å². The second-order valence-corrected chi connectivity index (χ2v) is 5.65. The summed E-state index contributed by atoms with van der Waals surface area (Å²) in [4.78, 5) is 38.4. The van der Waals surface area contributed by atoms with E-state index >= 15 is 0 Å². The minimum atomic E-state index is -0.933. The number of aliphatic hydroxyl groups excluding tert-OH is 1. The zero-order chi connectivity index (χ0) is 17.8. The van der Waals surface area contributed by atoms with E-state index in [1.165, 1.54) is 16.7 Å². The first-order chi connectivity index (χ1) is 12.0. The highest BCUT2D eigenvalue weighted by atomic mass is 16.3. The summed E-state index contributed by atoms with van der Waals surface area (Å²) in [5.74, 6) is -0.457. The van der Waals surface area contributed by atoms with Gasteiger partial charge in [-0.1, -0.05) is 24.3 Å². The molecule has 0 saturated carbocycles. The average Bonchev–Trinajstić information content (AvgIpc) is 2.61. The molecule has 3 rings (SSSR count). The highest BCUT2D eigenvalue weighted by molar-refractivity contribution is 6.05. The van der Waals surface area contributed by atoms with Crippen molar-refractivity contribution in [2.24, 2.45) is 0 Å². The number of hydrogen-bond donors (Lipinski definition) is 3. The molecule has 0 aliphatic heterocycles. The number of pyridine rings is 2. The molecular weight excluding hydrogens is 322 g/mol. The van der Waals surface area contributed by atoms with Gasteiger partial charge in [0.1, 0.15) is 0 Å². The van der Waals surface area contributed by atoms with Crippen LogP contribution in [0.15, 0.2) is 64.3 Å². The predicted molar refractivity (Wildman–Crippen MR) is 93.6 cm³/mol. The van der Waals surface area contributed by atoms with Gasteiger partial charge in [-0.2, -0.15) is 0 Å². The molecule has 2 aromatic heterocycles. The third kappa shape index (κ3) is 3.84. The number of fused-ring (bicyclic) bond motifs is 1. The number of aromatic nitrogens is 2. The van der Waals surface area contributed by atoms with Gasteiger partial charge in [-0.05, 0) is 12.1 Å². The van der Waals surface area contributed by atoms with Gasteiger partial charge in [0.05, 0.1) is 18.2 Å². The van der Waals surface area contributed by atoms with E-state index in [2.05, 4.69) is 10.3 Å². The van der Waals surface area contributed by atoms with Crippen molar-refractivity contribution in [3.05, 3.63) is 81.0 Å². The first-order valence-electron chi connectivity index (χ1n) is 7.78. The number of carbonyl (C=O) groups is 1. The Kier molecular flexibility index (Phi) is 4.76. The molecule has 0 spiro atoms. The summed E-state index contributed by atoms with van der Waals surface area (Å²) in [5.41, 5.74) is 0.202. The van der Waals surface area contributed by atoms with Crippen molar-refractivity contribution >= 4 is 16.8 Å². The van der Waals surface area contributed by atoms with Gasteiger partial charge in [-0.15, -0.1) is 0 Å². The second-order valence-electron chi connectivity index (χ2n) is 5.65. The number of rotatable bonds is 5. The molecule has 25 heavy (non-hydrogen) atoms. The number of aromatic amines is 1. The maximum atomic E-state index is 12.4. The van der Waals surface area contributed by atoms with Gasteiger partial charge in [-0.25, -0.2) is 0 Å². The first-order valence-corrected chi connectivity index (χ1v) is 7.78. The second kappa shape index (κ2) is 7.14. The van der Waals surface area contributed by atoms with Gasteiger partial charge < -0.3 is 20.0 Å². The monoisotopic (exact) mass is 339 g/mol. The minimum absolute atomic E-state index is 0.0404. The Morgan fingerprint density at radius 2 is 1.92 bits per heavy atom. The normalized spacial score (nSPS) is 12.0. The van der Waals surface area contributed by atoms with Crippen molar-refractivity contribution in [2.75, 3.05) is 6.54 Å². The van der Waals surface area contributed by atoms with E-state index < -0.39 is 12.0 Å². The Bertz CT molecular complexity index is 1020. The van der Waals surface area contributed by atoms with Crippen LogP contribution in [0.3, 0.4) is 0 Å². The van der Waals surface area contributed by atoms with Crippen LogP contribution in [0.25, 0.3) is 10.9 Å². The topological polar surface area (TPSA) is 104 Å². The van der Waals surface area contributed by atoms with Crippen molar-refractivity contribution in [3.63, 3.8) is 0 Å². The number of benzene rings is 1. The highest BCUT2D eigenvalue weighted by Gasteiger charge is 2.13. The number of para-hydroxylation sites is 1. The maximum absolute atomic E-state index is 12.4. The number of nitrogens with zero attached hydrogens (tertiary/aromatic N) is 1. The minimum Gasteiger partial charge on any atom is -0.389 e. The molecule has 0 aliphatic rings. The molecule has 0 aliphatic carbocycles. The Labute approximate surface area is 142 Å². The molecule has 0 bridgehead atoms. The molecule has 128 valence electrons. The van der Waals surface area contributed by atoms with Crippen molar-refractivity contribution < 1.29 is 9.90 Å². The SMILES string of the molecule is O=C(NCC(O)Cn1ccccc1=O)c1cc(=O)[nH]c2ccccc12. The zero-order valence-corrected chi connectivity index (χ0v) is 13.3. The van der Waals surface area contributed by atoms with Gasteiger partial charge in [0, 0.05) is 35.8 Å². The number of hydrogen-bond acceptors (Lipinski definition) is 4. The molecule has 1 amide bonds. The van der Waals surface area contributed by atoms with Crippen LogP contribution in [0, 0.1) is 0 Å². The summed E-state index contributed by atoms with van der Waals surface area (Å²) in [6.45, 7) is 0.0252. The molecule has 3 N–H and O–H groups in total. The summed E-state index contributed by atoms with van der Waals surface area (Å²) in [5, 5.41) is 13.3. The molecule has 7 heteroatoms. The van der Waals surface area contributed by atoms with Crippen LogP contribution in [0.2, 0.25) is 0 Å². The van der Waals surface area contributed by atoms with E-state index in [-0.39, 0.29) is 29.8 Å². The lowest BCUT2D eigenvalue weighted by atomic mass is 10.1. The quantitative estimate of drug-likeness (QED) is 0.629. The fourth-order valence-corrected chi connectivity index (χ4v) is 2.60. The highest BCUT2D eigenvalue weighted by Crippen LogP contribution is 2.14. The Morgan fingerprint density at radius 1 is 1.16 bits per heavy atom. The molecule has 0 saturated heterocycles. The van der Waals surface area contributed by atoms with Crippen molar-refractivity contribution in [3.8, 4) is 0 Å². The van der Waals surface area contributed by atoms with Gasteiger partial charge >= 0.3 is 0 Å². The number of amides is 1. The van der Waals surface area contributed by atoms with Crippen molar-refractivity contribution in [2.45, 2.75) is 12.6 Å². The fraction of sp³-hybridized carbons (Fsp3) is 0.167. The number of carbonyl (C=O) groups excluding carboxylic acids is 1. The molecule has 1 aromatic carbocycles. The fourth-order valence-electron chi connectivity index (χ4n) is 2.60. The standard InChI is InChI=1S/C18H17N3O4/c22-12(11-21-8-4-3-7-17(21)24)10-19-18(25)14-9-16(23)20-15-6-2-1-5-13(14)15/h1-9,12,22H,10-11H2,(H,19,25)(H,20,23). The van der Waals surface area contributed by atoms with E-state index in [0.29, 0.717) is 10.9 Å². The van der Waals surface area contributed by atoms with Crippen molar-refractivity contribution in [1.82, 2.24) is 14.9 Å². The lowest BCUT2D eigenvalue weighted by molar-refractivity contribution is 0.0904. The first kappa shape index (κ1) is 16.7. The van der Waals surface area contributed by atoms with Crippen LogP contribution in [0.1, 0.15) is 10.4 Å². The largest absolute Gasteiger partial charge is 0.389 e. The summed E-state index contributed by atoms with van der Waals surface area (Å²) in [7, 11) is 0. The summed E-state index contributed by atoms with van der Waals surface area (Å²) < 4.78 is 1.36. The Morgan fingerprint density at radius 3 is 2.72 bits per heavy atom. The predicted octanol–water partition coefficient (Wildman–Crippen LogP) is 0.481. The van der Waals surface area contributed by atoms with Gasteiger partial charge in [0.25, 0.3) is 11.5 Å². The molecule has 3 aromatic rings. The summed E-state index contributed by atoms with van der Waals surface area (Å²) >= 11 is 0. The molecular formula is C18H17N3O4. The Balaban J connectivity index is 1.72. The van der Waals surface area contributed by atoms with E-state index in [4.69, 9.17) is 0 Å². The Hall–Kier alpha value is -3.19. The van der Waals surface area contributed by atoms with Gasteiger partial charge in [0.2, 0.25) is 5.56 Å². The van der Waals surface area contributed by atoms with E-state index in [1.807, 2.05) is 0 Å². The molecule has 2 heterocycles. The zero-order valence-electron chi connectivity index (χ0n) is 13.3. The van der Waals surface area contributed by atoms with Crippen molar-refractivity contribution in [1.29, 1.82) is 0 Å². The number of nitrogens with one attached hydrogen (secondary N) is 2. The summed E-state index contributed by atoms with van der Waals surface area (Å²) in [6, 6.07) is 12.9. The van der Waals surface area contributed by atoms with E-state index in [9.17, 15) is 19.5 Å². The molecule has 1 unspecified atom stereocenters. The van der Waals surface area contributed by atoms with Crippen LogP contribution >= 0.6 is 0 Å². The number of H-pyrrole nitrogens is 1. The molecule has 0 fully saturated rings. The molecule has 0 radical (unpaired) electrons.